The Morgan fingerprint density at radius 3 is 1.79 bits per heavy atom. The molecule has 5 heterocycles. The van der Waals surface area contributed by atoms with E-state index < -0.39 is 76.7 Å². The van der Waals surface area contributed by atoms with Crippen LogP contribution in [0.15, 0.2) is 120 Å². The van der Waals surface area contributed by atoms with E-state index in [2.05, 4.69) is 15.6 Å². The molecule has 2 fully saturated rings. The maximum absolute atomic E-state index is 14.7. The Labute approximate surface area is 599 Å². The van der Waals surface area contributed by atoms with E-state index in [4.69, 9.17) is 64.4 Å². The molecule has 1 aromatic heterocycles. The van der Waals surface area contributed by atoms with Crippen molar-refractivity contribution in [2.75, 3.05) is 78.8 Å². The standard InChI is InChI=1S/C57H62ClN7O12S2.C16H22O6/c1-57(2,3)77-56(70)62-55-60-43(33-79-55)46(59)50(66)61-47-52(68)64-48(54(69)76-31-36-13-19-40(73-6)20-14-36)37(32-78-53(47)64)28-65(24-7-8-25-65)26-23-63-22-21-41-42(51(63)67)27-44(74-29-34-9-15-38(71-4)16-10-34)49(45(41)58)75-30-35-11-17-39(72-5)18-12-35;1-16(2,3)22-14(18)9-13(17)15(19)21-10-11-5-7-12(20-4)8-6-11/h9-20,27,33,47,53,59H,7-8,21-26,28-32H2,1-6H3,(H-,60,61,62,66,70);5-8,13,17H,9-10H2,1-4H3/p+1/t47-,53-;13-/m10/s1. The number of hydrogen-bond acceptors (Lipinski definition) is 22. The number of carbonyl (C=O) groups is 7. The summed E-state index contributed by atoms with van der Waals surface area (Å²) in [6.45, 7) is 14.0. The molecular weight excluding hydrogens is 1360 g/mol. The second-order valence-corrected chi connectivity index (χ2v) is 28.6. The molecule has 6 aromatic rings. The lowest BCUT2D eigenvalue weighted by Crippen LogP contribution is -2.71. The molecule has 0 aliphatic carbocycles. The smallest absolute Gasteiger partial charge is 0.413 e. The highest BCUT2D eigenvalue weighted by Crippen LogP contribution is 2.45. The fraction of sp³-hybridized carbons (Fsp3) is 0.411. The summed E-state index contributed by atoms with van der Waals surface area (Å²) in [6.07, 6.45) is -0.356. The van der Waals surface area contributed by atoms with Gasteiger partial charge in [0.1, 0.15) is 95.7 Å². The van der Waals surface area contributed by atoms with Crippen molar-refractivity contribution >= 4 is 87.3 Å². The molecule has 0 radical (unpaired) electrons. The van der Waals surface area contributed by atoms with E-state index in [0.29, 0.717) is 93.3 Å². The zero-order chi connectivity index (χ0) is 72.8. The predicted octanol–water partition coefficient (Wildman–Crippen LogP) is 10.2. The number of ether oxygens (including phenoxy) is 10. The highest BCUT2D eigenvalue weighted by molar-refractivity contribution is 8.00. The van der Waals surface area contributed by atoms with Crippen LogP contribution >= 0.6 is 34.7 Å². The molecule has 25 nitrogen and oxygen atoms in total. The zero-order valence-corrected chi connectivity index (χ0v) is 60.5. The van der Waals surface area contributed by atoms with E-state index in [0.717, 1.165) is 65.3 Å². The van der Waals surface area contributed by atoms with Gasteiger partial charge in [-0.1, -0.05) is 60.1 Å². The van der Waals surface area contributed by atoms with E-state index in [1.807, 2.05) is 53.4 Å². The molecule has 538 valence electrons. The lowest BCUT2D eigenvalue weighted by Gasteiger charge is -2.50. The van der Waals surface area contributed by atoms with Gasteiger partial charge in [-0.3, -0.25) is 34.8 Å². The van der Waals surface area contributed by atoms with Crippen molar-refractivity contribution in [3.05, 3.63) is 164 Å². The molecule has 4 aliphatic rings. The van der Waals surface area contributed by atoms with E-state index >= 15 is 0 Å². The second kappa shape index (κ2) is 33.8. The van der Waals surface area contributed by atoms with Gasteiger partial charge in [0.25, 0.3) is 17.7 Å². The van der Waals surface area contributed by atoms with Crippen molar-refractivity contribution in [3.63, 3.8) is 0 Å². The molecule has 4 aliphatic heterocycles. The molecule has 0 saturated carbocycles. The lowest BCUT2D eigenvalue weighted by molar-refractivity contribution is -0.911. The van der Waals surface area contributed by atoms with Gasteiger partial charge in [-0.2, -0.15) is 0 Å². The van der Waals surface area contributed by atoms with Crippen LogP contribution in [0, 0.1) is 5.41 Å². The number of carbonyl (C=O) groups excluding carboxylic acids is 7. The molecule has 4 amide bonds. The van der Waals surface area contributed by atoms with E-state index in [1.54, 1.807) is 125 Å². The van der Waals surface area contributed by atoms with Gasteiger partial charge in [-0.05, 0) is 130 Å². The summed E-state index contributed by atoms with van der Waals surface area (Å²) in [5.74, 6) is 0.0620. The number of rotatable bonds is 27. The number of aliphatic hydroxyl groups is 1. The number of hydrogen-bond donors (Lipinski definition) is 4. The highest BCUT2D eigenvalue weighted by Gasteiger charge is 2.56. The maximum atomic E-state index is 14.7. The summed E-state index contributed by atoms with van der Waals surface area (Å²) < 4.78 is 55.6. The molecule has 4 N–H and O–H groups in total. The van der Waals surface area contributed by atoms with Crippen molar-refractivity contribution in [1.29, 1.82) is 5.41 Å². The molecule has 10 rings (SSSR count). The minimum atomic E-state index is -1.53. The van der Waals surface area contributed by atoms with Crippen LogP contribution in [0.3, 0.4) is 0 Å². The zero-order valence-electron chi connectivity index (χ0n) is 58.1. The average Bonchev–Trinajstić information content (AvgIpc) is 1.08. The lowest BCUT2D eigenvalue weighted by atomic mass is 9.97. The number of likely N-dealkylation sites (tertiary alicyclic amines) is 1. The maximum Gasteiger partial charge on any atom is 0.413 e. The van der Waals surface area contributed by atoms with Gasteiger partial charge < -0.3 is 67.2 Å². The number of thiazole rings is 1. The number of benzene rings is 5. The number of nitrogens with one attached hydrogen (secondary N) is 3. The normalized spacial score (nSPS) is 16.4. The minimum Gasteiger partial charge on any atom is -0.497 e. The predicted molar refractivity (Wildman–Crippen MR) is 378 cm³/mol. The Morgan fingerprint density at radius 2 is 1.26 bits per heavy atom. The molecule has 101 heavy (non-hydrogen) atoms. The van der Waals surface area contributed by atoms with E-state index in [1.165, 1.54) is 22.0 Å². The summed E-state index contributed by atoms with van der Waals surface area (Å²) in [7, 11) is 6.34. The van der Waals surface area contributed by atoms with Crippen molar-refractivity contribution in [2.24, 2.45) is 0 Å². The third-order valence-electron chi connectivity index (χ3n) is 16.7. The van der Waals surface area contributed by atoms with Crippen molar-refractivity contribution in [1.82, 2.24) is 20.1 Å². The molecule has 3 atom stereocenters. The van der Waals surface area contributed by atoms with Crippen LogP contribution in [0.25, 0.3) is 0 Å². The first-order valence-corrected chi connectivity index (χ1v) is 35.0. The van der Waals surface area contributed by atoms with Crippen LogP contribution in [-0.4, -0.2) is 174 Å². The Bertz CT molecular complexity index is 4000. The molecule has 0 bridgehead atoms. The number of halogens is 1. The van der Waals surface area contributed by atoms with Gasteiger partial charge in [0.2, 0.25) is 0 Å². The van der Waals surface area contributed by atoms with Crippen molar-refractivity contribution in [3.8, 4) is 34.5 Å². The number of fused-ring (bicyclic) bond motifs is 2. The first-order chi connectivity index (χ1) is 48.2. The van der Waals surface area contributed by atoms with Crippen LogP contribution in [0.1, 0.15) is 105 Å². The third-order valence-corrected chi connectivity index (χ3v) is 19.2. The Balaban J connectivity index is 0.000000461. The van der Waals surface area contributed by atoms with Gasteiger partial charge in [-0.25, -0.2) is 19.4 Å². The third kappa shape index (κ3) is 20.2. The Hall–Kier alpha value is -9.41. The number of aromatic nitrogens is 1. The quantitative estimate of drug-likeness (QED) is 0.0122. The molecule has 0 unspecified atom stereocenters. The van der Waals surface area contributed by atoms with Crippen LogP contribution < -0.4 is 39.1 Å². The van der Waals surface area contributed by atoms with Gasteiger partial charge >= 0.3 is 24.0 Å². The second-order valence-electron chi connectivity index (χ2n) is 26.3. The van der Waals surface area contributed by atoms with Crippen molar-refractivity contribution in [2.45, 2.75) is 122 Å². The highest BCUT2D eigenvalue weighted by atomic mass is 35.5. The summed E-state index contributed by atoms with van der Waals surface area (Å²) in [6, 6.07) is 29.8. The summed E-state index contributed by atoms with van der Waals surface area (Å²) in [5.41, 5.74) is 3.29. The fourth-order valence-electron chi connectivity index (χ4n) is 11.5. The molecule has 2 saturated heterocycles. The van der Waals surface area contributed by atoms with E-state index in [9.17, 15) is 38.7 Å². The number of methoxy groups -OCH3 is 4. The number of thioether (sulfide) groups is 1. The Kier molecular flexibility index (Phi) is 25.4. The number of anilines is 1. The Morgan fingerprint density at radius 1 is 0.733 bits per heavy atom. The van der Waals surface area contributed by atoms with Gasteiger partial charge in [0.15, 0.2) is 22.7 Å². The number of amides is 4. The van der Waals surface area contributed by atoms with Gasteiger partial charge in [-0.15, -0.1) is 23.1 Å². The molecular formula is C73H85ClN7O18S2+. The first-order valence-electron chi connectivity index (χ1n) is 32.7. The van der Waals surface area contributed by atoms with Gasteiger partial charge in [0, 0.05) is 41.7 Å². The largest absolute Gasteiger partial charge is 0.497 e. The van der Waals surface area contributed by atoms with Crippen LogP contribution in [0.5, 0.6) is 34.5 Å². The fourth-order valence-corrected chi connectivity index (χ4v) is 13.9. The van der Waals surface area contributed by atoms with Crippen LogP contribution in [0.2, 0.25) is 5.02 Å². The number of quaternary nitrogens is 1. The monoisotopic (exact) mass is 1450 g/mol. The van der Waals surface area contributed by atoms with Crippen LogP contribution in [0.4, 0.5) is 9.93 Å². The van der Waals surface area contributed by atoms with Crippen molar-refractivity contribution < 1.29 is 90.5 Å². The molecule has 5 aromatic carbocycles. The summed E-state index contributed by atoms with van der Waals surface area (Å²) in [4.78, 5) is 99.9. The topological polar surface area (TPSA) is 299 Å². The number of esters is 3. The first kappa shape index (κ1) is 75.8. The minimum absolute atomic E-state index is 0.00250. The molecule has 0 spiro atoms. The summed E-state index contributed by atoms with van der Waals surface area (Å²) >= 11 is 9.63. The SMILES string of the molecule is COc1ccc(COC(=O)C2=C(C[N+]3(CCN4CCc5c(cc(OCc6ccc(OC)cc6)c(OCc6ccc(OC)cc6)c5Cl)C4=O)CCCC3)CS[C@@H]3[C@H](NC(=O)C(=N)c4csc(NC(=O)OC(C)(C)C)n4)C(=O)N23)cc1.COc1ccc(COC(=O)[C@@H](O)CC(=O)OC(C)(C)C)cc1. The average molecular weight is 1450 g/mol. The number of aliphatic hydroxyl groups excluding tert-OH is 1. The molecule has 28 heteroatoms. The van der Waals surface area contributed by atoms with E-state index in [-0.39, 0.29) is 48.9 Å². The number of nitrogens with zero attached hydrogens (tertiary/aromatic N) is 4. The van der Waals surface area contributed by atoms with Gasteiger partial charge in [0.05, 0.1) is 66.1 Å². The summed E-state index contributed by atoms with van der Waals surface area (Å²) in [5, 5.41) is 24.7. The number of β-lactam (4-membered cyclic amide) rings is 1. The van der Waals surface area contributed by atoms with Crippen LogP contribution in [-0.2, 0) is 75.8 Å².